The molecule has 4 aromatic carbocycles. The molecule has 0 radical (unpaired) electrons. The Hall–Kier alpha value is -2.34. The van der Waals surface area contributed by atoms with Gasteiger partial charge in [0.2, 0.25) is 0 Å². The smallest absolute Gasteiger partial charge is 0.113 e. The second kappa shape index (κ2) is 10.7. The number of hydrogen-bond acceptors (Lipinski definition) is 2. The molecule has 0 aliphatic heterocycles. The van der Waals surface area contributed by atoms with Crippen LogP contribution in [0.15, 0.2) is 121 Å². The van der Waals surface area contributed by atoms with Gasteiger partial charge >= 0.3 is 0 Å². The van der Waals surface area contributed by atoms with Gasteiger partial charge in [0.05, 0.1) is 10.3 Å². The van der Waals surface area contributed by atoms with E-state index >= 15 is 0 Å². The van der Waals surface area contributed by atoms with Gasteiger partial charge in [-0.1, -0.05) is 128 Å². The van der Waals surface area contributed by atoms with Crippen LogP contribution in [-0.2, 0) is 15.1 Å². The van der Waals surface area contributed by atoms with Crippen molar-refractivity contribution in [3.05, 3.63) is 144 Å². The lowest BCUT2D eigenvalue weighted by molar-refractivity contribution is -0.0527. The molecule has 0 aliphatic rings. The van der Waals surface area contributed by atoms with Crippen LogP contribution in [0.5, 0.6) is 0 Å². The average molecular weight is 472 g/mol. The van der Waals surface area contributed by atoms with Crippen molar-refractivity contribution in [3.63, 3.8) is 0 Å². The third kappa shape index (κ3) is 4.68. The van der Waals surface area contributed by atoms with Crippen LogP contribution >= 0.6 is 18.5 Å². The van der Waals surface area contributed by atoms with E-state index in [0.717, 1.165) is 0 Å². The summed E-state index contributed by atoms with van der Waals surface area (Å²) in [6.07, 6.45) is -0.324. The first kappa shape index (κ1) is 23.8. The first-order chi connectivity index (χ1) is 16.1. The molecule has 33 heavy (non-hydrogen) atoms. The zero-order valence-corrected chi connectivity index (χ0v) is 21.2. The van der Waals surface area contributed by atoms with Crippen molar-refractivity contribution >= 4 is 18.5 Å². The highest BCUT2D eigenvalue weighted by atomic mass is 31.0. The Morgan fingerprint density at radius 1 is 0.576 bits per heavy atom. The van der Waals surface area contributed by atoms with E-state index < -0.39 is 10.3 Å². The van der Waals surface area contributed by atoms with Gasteiger partial charge in [0.15, 0.2) is 0 Å². The van der Waals surface area contributed by atoms with Gasteiger partial charge in [0, 0.05) is 6.54 Å². The fourth-order valence-corrected chi connectivity index (χ4v) is 6.13. The lowest BCUT2D eigenvalue weighted by Gasteiger charge is -2.48. The van der Waals surface area contributed by atoms with Crippen LogP contribution in [0, 0.1) is 0 Å². The Bertz CT molecular complexity index is 953. The summed E-state index contributed by atoms with van der Waals surface area (Å²) in [7, 11) is 6.33. The second-order valence-electron chi connectivity index (χ2n) is 8.20. The maximum absolute atomic E-state index is 6.65. The van der Waals surface area contributed by atoms with E-state index in [1.54, 1.807) is 0 Å². The van der Waals surface area contributed by atoms with Crippen molar-refractivity contribution < 1.29 is 4.84 Å². The fourth-order valence-electron chi connectivity index (χ4n) is 4.51. The molecule has 1 N–H and O–H groups in total. The molecule has 4 rings (SSSR count). The van der Waals surface area contributed by atoms with Crippen molar-refractivity contribution in [1.82, 2.24) is 5.48 Å². The van der Waals surface area contributed by atoms with Crippen LogP contribution in [-0.4, -0.2) is 12.6 Å². The number of benzene rings is 4. The van der Waals surface area contributed by atoms with Gasteiger partial charge in [-0.25, -0.2) is 5.48 Å². The third-order valence-corrected chi connectivity index (χ3v) is 8.12. The molecule has 0 bridgehead atoms. The van der Waals surface area contributed by atoms with Crippen molar-refractivity contribution in [3.8, 4) is 0 Å². The SMILES string of the molecule is CCNOC(C(P)(c1ccccc1)c1ccccc1)C(P)(c1ccccc1)c1ccccc1. The highest BCUT2D eigenvalue weighted by Crippen LogP contribution is 2.55. The van der Waals surface area contributed by atoms with Crippen LogP contribution < -0.4 is 5.48 Å². The first-order valence-corrected chi connectivity index (χ1v) is 12.5. The molecule has 168 valence electrons. The van der Waals surface area contributed by atoms with Crippen LogP contribution in [0.25, 0.3) is 0 Å². The summed E-state index contributed by atoms with van der Waals surface area (Å²) in [5.41, 5.74) is 7.89. The Morgan fingerprint density at radius 3 is 1.09 bits per heavy atom. The summed E-state index contributed by atoms with van der Waals surface area (Å²) in [5.74, 6) is 0. The third-order valence-electron chi connectivity index (χ3n) is 6.18. The van der Waals surface area contributed by atoms with Crippen LogP contribution in [0.2, 0.25) is 0 Å². The summed E-state index contributed by atoms with van der Waals surface area (Å²) in [5, 5.41) is -1.09. The molecule has 0 fully saturated rings. The quantitative estimate of drug-likeness (QED) is 0.221. The number of nitrogens with one attached hydrogen (secondary N) is 1. The Balaban J connectivity index is 2.03. The van der Waals surface area contributed by atoms with Gasteiger partial charge in [-0.15, -0.1) is 18.5 Å². The standard InChI is InChI=1S/C29H31NOP2/c1-2-30-31-27(28(32,23-15-7-3-8-16-23)24-17-9-4-10-18-24)29(33,25-19-11-5-12-20-25)26-21-13-6-14-22-26/h3-22,27,30H,2,32-33H2,1H3. The Kier molecular flexibility index (Phi) is 7.74. The van der Waals surface area contributed by atoms with E-state index in [9.17, 15) is 0 Å². The molecule has 0 aliphatic carbocycles. The zero-order valence-electron chi connectivity index (χ0n) is 18.9. The second-order valence-corrected chi connectivity index (χ2v) is 10.0. The predicted molar refractivity (Wildman–Crippen MR) is 145 cm³/mol. The molecule has 2 atom stereocenters. The Labute approximate surface area is 202 Å². The zero-order chi connectivity index (χ0) is 23.2. The molecular formula is C29H31NOP2. The summed E-state index contributed by atoms with van der Waals surface area (Å²) in [4.78, 5) is 6.65. The first-order valence-electron chi connectivity index (χ1n) is 11.3. The van der Waals surface area contributed by atoms with E-state index in [-0.39, 0.29) is 6.10 Å². The summed E-state index contributed by atoms with van der Waals surface area (Å²) in [6, 6.07) is 42.5. The van der Waals surface area contributed by atoms with Crippen molar-refractivity contribution in [2.75, 3.05) is 6.54 Å². The van der Waals surface area contributed by atoms with Crippen molar-refractivity contribution in [2.24, 2.45) is 0 Å². The van der Waals surface area contributed by atoms with Crippen LogP contribution in [0.4, 0.5) is 0 Å². The van der Waals surface area contributed by atoms with E-state index in [0.29, 0.717) is 6.54 Å². The van der Waals surface area contributed by atoms with Crippen molar-refractivity contribution in [1.29, 1.82) is 0 Å². The van der Waals surface area contributed by atoms with E-state index in [1.165, 1.54) is 22.3 Å². The normalized spacial score (nSPS) is 12.1. The molecule has 0 amide bonds. The molecule has 2 unspecified atom stereocenters. The molecule has 0 saturated heterocycles. The van der Waals surface area contributed by atoms with Gasteiger partial charge in [-0.05, 0) is 22.3 Å². The van der Waals surface area contributed by atoms with Gasteiger partial charge in [0.1, 0.15) is 6.10 Å². The lowest BCUT2D eigenvalue weighted by Crippen LogP contribution is -2.52. The van der Waals surface area contributed by atoms with Gasteiger partial charge in [-0.3, -0.25) is 4.84 Å². The van der Waals surface area contributed by atoms with E-state index in [1.807, 2.05) is 0 Å². The minimum atomic E-state index is -0.544. The molecule has 0 aromatic heterocycles. The predicted octanol–water partition coefficient (Wildman–Crippen LogP) is 6.53. The van der Waals surface area contributed by atoms with Crippen LogP contribution in [0.1, 0.15) is 29.2 Å². The molecule has 0 heterocycles. The van der Waals surface area contributed by atoms with Gasteiger partial charge in [0.25, 0.3) is 0 Å². The minimum absolute atomic E-state index is 0.324. The molecule has 4 heteroatoms. The maximum atomic E-state index is 6.65. The number of hydrogen-bond donors (Lipinski definition) is 1. The molecule has 4 aromatic rings. The number of hydroxylamine groups is 1. The van der Waals surface area contributed by atoms with Crippen molar-refractivity contribution in [2.45, 2.75) is 23.3 Å². The van der Waals surface area contributed by atoms with Gasteiger partial charge in [-0.2, -0.15) is 0 Å². The highest BCUT2D eigenvalue weighted by Gasteiger charge is 2.51. The Morgan fingerprint density at radius 2 is 0.848 bits per heavy atom. The average Bonchev–Trinajstić information content (AvgIpc) is 2.90. The maximum Gasteiger partial charge on any atom is 0.113 e. The minimum Gasteiger partial charge on any atom is -0.295 e. The monoisotopic (exact) mass is 471 g/mol. The lowest BCUT2D eigenvalue weighted by atomic mass is 9.74. The highest BCUT2D eigenvalue weighted by molar-refractivity contribution is 7.20. The van der Waals surface area contributed by atoms with E-state index in [2.05, 4.69) is 152 Å². The van der Waals surface area contributed by atoms with Gasteiger partial charge < -0.3 is 0 Å². The molecule has 0 spiro atoms. The topological polar surface area (TPSA) is 21.3 Å². The summed E-state index contributed by atoms with van der Waals surface area (Å²) < 4.78 is 0. The number of rotatable bonds is 9. The summed E-state index contributed by atoms with van der Waals surface area (Å²) >= 11 is 0. The van der Waals surface area contributed by atoms with Crippen LogP contribution in [0.3, 0.4) is 0 Å². The molecule has 2 nitrogen and oxygen atoms in total. The fraction of sp³-hybridized carbons (Fsp3) is 0.172. The molecular weight excluding hydrogens is 440 g/mol. The van der Waals surface area contributed by atoms with E-state index in [4.69, 9.17) is 4.84 Å². The summed E-state index contributed by atoms with van der Waals surface area (Å²) in [6.45, 7) is 2.76. The molecule has 0 saturated carbocycles. The largest absolute Gasteiger partial charge is 0.295 e.